The van der Waals surface area contributed by atoms with E-state index in [4.69, 9.17) is 0 Å². The molecule has 0 spiro atoms. The normalized spacial score (nSPS) is 16.1. The van der Waals surface area contributed by atoms with Crippen LogP contribution in [0.4, 0.5) is 8.78 Å². The molecule has 2 atom stereocenters. The molecule has 108 valence electrons. The van der Waals surface area contributed by atoms with Crippen molar-refractivity contribution >= 4 is 0 Å². The van der Waals surface area contributed by atoms with E-state index in [9.17, 15) is 19.0 Å². The van der Waals surface area contributed by atoms with E-state index in [1.54, 1.807) is 6.92 Å². The highest BCUT2D eigenvalue weighted by atomic mass is 19.1. The first kappa shape index (κ1) is 16.0. The third kappa shape index (κ3) is 5.22. The van der Waals surface area contributed by atoms with Gasteiger partial charge in [0.05, 0.1) is 11.7 Å². The Morgan fingerprint density at radius 2 is 2.05 bits per heavy atom. The third-order valence-corrected chi connectivity index (χ3v) is 2.95. The van der Waals surface area contributed by atoms with Crippen LogP contribution >= 0.6 is 0 Å². The molecule has 0 aromatic heterocycles. The van der Waals surface area contributed by atoms with Gasteiger partial charge in [0.15, 0.2) is 0 Å². The van der Waals surface area contributed by atoms with Crippen molar-refractivity contribution in [1.29, 1.82) is 0 Å². The van der Waals surface area contributed by atoms with Crippen LogP contribution in [-0.2, 0) is 0 Å². The minimum atomic E-state index is -1.15. The van der Waals surface area contributed by atoms with E-state index in [0.717, 1.165) is 24.6 Å². The zero-order valence-corrected chi connectivity index (χ0v) is 11.3. The summed E-state index contributed by atoms with van der Waals surface area (Å²) in [6, 6.07) is 2.97. The lowest BCUT2D eigenvalue weighted by Gasteiger charge is -2.24. The Morgan fingerprint density at radius 3 is 2.68 bits per heavy atom. The molecule has 1 rings (SSSR count). The number of benzene rings is 1. The molecule has 3 N–H and O–H groups in total. The lowest BCUT2D eigenvalue weighted by atomic mass is 10.0. The Morgan fingerprint density at radius 1 is 1.37 bits per heavy atom. The van der Waals surface area contributed by atoms with Crippen LogP contribution in [0.3, 0.4) is 0 Å². The molecule has 0 heterocycles. The summed E-state index contributed by atoms with van der Waals surface area (Å²) in [5, 5.41) is 22.6. The molecule has 0 aliphatic heterocycles. The Bertz CT molecular complexity index is 410. The van der Waals surface area contributed by atoms with Crippen molar-refractivity contribution in [1.82, 2.24) is 5.32 Å². The van der Waals surface area contributed by atoms with Crippen molar-refractivity contribution in [2.75, 3.05) is 13.1 Å². The maximum absolute atomic E-state index is 13.4. The van der Waals surface area contributed by atoms with Crippen LogP contribution in [0.15, 0.2) is 18.2 Å². The highest BCUT2D eigenvalue weighted by Gasteiger charge is 2.20. The third-order valence-electron chi connectivity index (χ3n) is 2.95. The molecule has 3 nitrogen and oxygen atoms in total. The van der Waals surface area contributed by atoms with E-state index in [1.807, 2.05) is 6.92 Å². The summed E-state index contributed by atoms with van der Waals surface area (Å²) >= 11 is 0. The molecule has 0 aliphatic carbocycles. The van der Waals surface area contributed by atoms with Crippen molar-refractivity contribution in [2.24, 2.45) is 0 Å². The number of hydrogen-bond donors (Lipinski definition) is 3. The number of nitrogens with one attached hydrogen (secondary N) is 1. The minimum absolute atomic E-state index is 0.0558. The van der Waals surface area contributed by atoms with Gasteiger partial charge in [-0.25, -0.2) is 8.78 Å². The fraction of sp³-hybridized carbons (Fsp3) is 0.571. The number of rotatable bonds is 7. The van der Waals surface area contributed by atoms with E-state index in [1.165, 1.54) is 0 Å². The van der Waals surface area contributed by atoms with Gasteiger partial charge in [-0.15, -0.1) is 0 Å². The Balaban J connectivity index is 2.51. The largest absolute Gasteiger partial charge is 0.389 e. The molecule has 0 saturated carbocycles. The topological polar surface area (TPSA) is 52.5 Å². The van der Waals surface area contributed by atoms with Crippen molar-refractivity contribution in [3.8, 4) is 0 Å². The van der Waals surface area contributed by atoms with Gasteiger partial charge in [0.1, 0.15) is 11.6 Å². The molecular formula is C14H21F2NO2. The SMILES string of the molecule is CCCC(C)(O)CNCC(O)c1cc(F)ccc1F. The minimum Gasteiger partial charge on any atom is -0.389 e. The first-order valence-corrected chi connectivity index (χ1v) is 6.42. The summed E-state index contributed by atoms with van der Waals surface area (Å²) in [4.78, 5) is 0. The van der Waals surface area contributed by atoms with E-state index in [-0.39, 0.29) is 18.7 Å². The Labute approximate surface area is 112 Å². The van der Waals surface area contributed by atoms with Gasteiger partial charge in [0.2, 0.25) is 0 Å². The van der Waals surface area contributed by atoms with Gasteiger partial charge >= 0.3 is 0 Å². The quantitative estimate of drug-likeness (QED) is 0.713. The standard InChI is InChI=1S/C14H21F2NO2/c1-3-6-14(2,19)9-17-8-13(18)11-7-10(15)4-5-12(11)16/h4-5,7,13,17-19H,3,6,8-9H2,1-2H3. The Kier molecular flexibility index (Phi) is 5.85. The predicted molar refractivity (Wildman–Crippen MR) is 69.7 cm³/mol. The van der Waals surface area contributed by atoms with Gasteiger partial charge in [0, 0.05) is 18.7 Å². The van der Waals surface area contributed by atoms with Crippen LogP contribution < -0.4 is 5.32 Å². The summed E-state index contributed by atoms with van der Waals surface area (Å²) in [7, 11) is 0. The van der Waals surface area contributed by atoms with Crippen LogP contribution in [0.5, 0.6) is 0 Å². The van der Waals surface area contributed by atoms with E-state index in [2.05, 4.69) is 5.32 Å². The molecular weight excluding hydrogens is 252 g/mol. The molecule has 0 bridgehead atoms. The number of aliphatic hydroxyl groups excluding tert-OH is 1. The van der Waals surface area contributed by atoms with Gasteiger partial charge < -0.3 is 15.5 Å². The maximum Gasteiger partial charge on any atom is 0.129 e. The fourth-order valence-electron chi connectivity index (χ4n) is 1.99. The fourth-order valence-corrected chi connectivity index (χ4v) is 1.99. The zero-order valence-electron chi connectivity index (χ0n) is 11.3. The van der Waals surface area contributed by atoms with Gasteiger partial charge in [0.25, 0.3) is 0 Å². The van der Waals surface area contributed by atoms with Gasteiger partial charge in [-0.05, 0) is 31.5 Å². The summed E-state index contributed by atoms with van der Waals surface area (Å²) in [6.45, 7) is 4.00. The van der Waals surface area contributed by atoms with Gasteiger partial charge in [-0.3, -0.25) is 0 Å². The summed E-state index contributed by atoms with van der Waals surface area (Å²) < 4.78 is 26.4. The van der Waals surface area contributed by atoms with Crippen molar-refractivity contribution in [3.63, 3.8) is 0 Å². The highest BCUT2D eigenvalue weighted by Crippen LogP contribution is 2.18. The van der Waals surface area contributed by atoms with E-state index >= 15 is 0 Å². The van der Waals surface area contributed by atoms with Crippen molar-refractivity contribution < 1.29 is 19.0 Å². The van der Waals surface area contributed by atoms with Crippen molar-refractivity contribution in [2.45, 2.75) is 38.4 Å². The van der Waals surface area contributed by atoms with E-state index in [0.29, 0.717) is 6.42 Å². The smallest absolute Gasteiger partial charge is 0.129 e. The second kappa shape index (κ2) is 6.93. The van der Waals surface area contributed by atoms with Crippen LogP contribution in [0.2, 0.25) is 0 Å². The zero-order chi connectivity index (χ0) is 14.5. The molecule has 2 unspecified atom stereocenters. The molecule has 0 fully saturated rings. The molecule has 1 aromatic rings. The summed E-state index contributed by atoms with van der Waals surface area (Å²) in [6.07, 6.45) is 0.327. The van der Waals surface area contributed by atoms with Crippen LogP contribution in [0, 0.1) is 11.6 Å². The van der Waals surface area contributed by atoms with Gasteiger partial charge in [-0.2, -0.15) is 0 Å². The molecule has 0 radical (unpaired) electrons. The molecule has 0 amide bonds. The number of hydrogen-bond acceptors (Lipinski definition) is 3. The lowest BCUT2D eigenvalue weighted by Crippen LogP contribution is -2.39. The number of halogens is 2. The average molecular weight is 273 g/mol. The predicted octanol–water partition coefficient (Wildman–Crippen LogP) is 2.14. The lowest BCUT2D eigenvalue weighted by molar-refractivity contribution is 0.0460. The first-order chi connectivity index (χ1) is 8.85. The monoisotopic (exact) mass is 273 g/mol. The summed E-state index contributed by atoms with van der Waals surface area (Å²) in [5.74, 6) is -1.23. The molecule has 19 heavy (non-hydrogen) atoms. The second-order valence-corrected chi connectivity index (χ2v) is 5.06. The molecule has 0 saturated heterocycles. The van der Waals surface area contributed by atoms with Crippen LogP contribution in [0.1, 0.15) is 38.4 Å². The molecule has 1 aromatic carbocycles. The Hall–Kier alpha value is -1.04. The maximum atomic E-state index is 13.4. The molecule has 0 aliphatic rings. The molecule has 5 heteroatoms. The second-order valence-electron chi connectivity index (χ2n) is 5.06. The number of aliphatic hydroxyl groups is 2. The van der Waals surface area contributed by atoms with Gasteiger partial charge in [-0.1, -0.05) is 13.3 Å². The van der Waals surface area contributed by atoms with Crippen LogP contribution in [-0.4, -0.2) is 28.9 Å². The van der Waals surface area contributed by atoms with Crippen LogP contribution in [0.25, 0.3) is 0 Å². The average Bonchev–Trinajstić information content (AvgIpc) is 2.31. The van der Waals surface area contributed by atoms with Crippen molar-refractivity contribution in [3.05, 3.63) is 35.4 Å². The summed E-state index contributed by atoms with van der Waals surface area (Å²) in [5.41, 5.74) is -0.947. The highest BCUT2D eigenvalue weighted by molar-refractivity contribution is 5.21. The first-order valence-electron chi connectivity index (χ1n) is 6.42. The van der Waals surface area contributed by atoms with E-state index < -0.39 is 23.3 Å².